The van der Waals surface area contributed by atoms with E-state index in [1.165, 1.54) is 17.5 Å². The lowest BCUT2D eigenvalue weighted by atomic mass is 9.88. The average Bonchev–Trinajstić information content (AvgIpc) is 3.05. The third-order valence-corrected chi connectivity index (χ3v) is 5.11. The fraction of sp³-hybridized carbons (Fsp3) is 0.529. The maximum Gasteiger partial charge on any atom is 0.0860 e. The quantitative estimate of drug-likeness (QED) is 0.847. The second-order valence-electron chi connectivity index (χ2n) is 6.26. The predicted molar refractivity (Wildman–Crippen MR) is 85.3 cm³/mol. The summed E-state index contributed by atoms with van der Waals surface area (Å²) in [5.41, 5.74) is 3.81. The van der Waals surface area contributed by atoms with E-state index in [1.54, 1.807) is 0 Å². The highest BCUT2D eigenvalue weighted by Crippen LogP contribution is 2.35. The number of halogens is 1. The van der Waals surface area contributed by atoms with E-state index in [0.29, 0.717) is 5.92 Å². The van der Waals surface area contributed by atoms with E-state index in [9.17, 15) is 0 Å². The van der Waals surface area contributed by atoms with Gasteiger partial charge in [-0.05, 0) is 55.4 Å². The van der Waals surface area contributed by atoms with E-state index in [2.05, 4.69) is 28.6 Å². The maximum atomic E-state index is 6.20. The van der Waals surface area contributed by atoms with Crippen LogP contribution in [0.15, 0.2) is 24.4 Å². The van der Waals surface area contributed by atoms with Crippen LogP contribution >= 0.6 is 11.6 Å². The van der Waals surface area contributed by atoms with Crippen LogP contribution in [0.4, 0.5) is 0 Å². The van der Waals surface area contributed by atoms with Gasteiger partial charge < -0.3 is 4.74 Å². The second kappa shape index (κ2) is 6.01. The molecule has 116 valence electrons. The number of hydrogen-bond acceptors (Lipinski definition) is 3. The lowest BCUT2D eigenvalue weighted by molar-refractivity contribution is 0.0845. The summed E-state index contributed by atoms with van der Waals surface area (Å²) in [6.07, 6.45) is 7.65. The van der Waals surface area contributed by atoms with Crippen LogP contribution in [-0.2, 0) is 11.2 Å². The van der Waals surface area contributed by atoms with Crippen LogP contribution < -0.4 is 0 Å². The molecule has 4 rings (SSSR count). The Hall–Kier alpha value is -1.39. The highest BCUT2D eigenvalue weighted by molar-refractivity contribution is 6.30. The molecule has 2 heterocycles. The van der Waals surface area contributed by atoms with Crippen molar-refractivity contribution in [3.63, 3.8) is 0 Å². The fourth-order valence-corrected chi connectivity index (χ4v) is 3.82. The molecule has 2 aliphatic rings. The van der Waals surface area contributed by atoms with Crippen LogP contribution in [0.5, 0.6) is 0 Å². The first-order chi connectivity index (χ1) is 10.8. The summed E-state index contributed by atoms with van der Waals surface area (Å²) in [6, 6.07) is 6.50. The predicted octanol–water partition coefficient (Wildman–Crippen LogP) is 3.75. The van der Waals surface area contributed by atoms with Gasteiger partial charge >= 0.3 is 0 Å². The van der Waals surface area contributed by atoms with Crippen LogP contribution in [0.2, 0.25) is 5.02 Å². The minimum Gasteiger partial charge on any atom is -0.381 e. The molecule has 1 aromatic heterocycles. The molecule has 1 atom stereocenters. The van der Waals surface area contributed by atoms with Crippen LogP contribution in [-0.4, -0.2) is 28.2 Å². The monoisotopic (exact) mass is 317 g/mol. The standard InChI is InChI=1S/C17H20ClN3O/c18-14-5-4-12-2-1-3-17(15(12)10-14)21-11-16(19-20-21)13-6-8-22-9-7-13/h4-5,10-11,13,17H,1-3,6-9H2/t17-/m0/s1. The first-order valence-corrected chi connectivity index (χ1v) is 8.47. The Balaban J connectivity index is 1.63. The van der Waals surface area contributed by atoms with E-state index in [0.717, 1.165) is 49.6 Å². The van der Waals surface area contributed by atoms with Crippen LogP contribution in [0, 0.1) is 0 Å². The van der Waals surface area contributed by atoms with Crippen LogP contribution in [0.25, 0.3) is 0 Å². The lowest BCUT2D eigenvalue weighted by Gasteiger charge is -2.25. The summed E-state index contributed by atoms with van der Waals surface area (Å²) in [4.78, 5) is 0. The van der Waals surface area contributed by atoms with Gasteiger partial charge in [-0.15, -0.1) is 5.10 Å². The number of fused-ring (bicyclic) bond motifs is 1. The van der Waals surface area contributed by atoms with Crippen molar-refractivity contribution in [1.29, 1.82) is 0 Å². The molecule has 0 spiro atoms. The molecule has 0 unspecified atom stereocenters. The Bertz CT molecular complexity index is 664. The third-order valence-electron chi connectivity index (χ3n) is 4.88. The van der Waals surface area contributed by atoms with Crippen molar-refractivity contribution in [3.8, 4) is 0 Å². The number of nitrogens with zero attached hydrogens (tertiary/aromatic N) is 3. The van der Waals surface area contributed by atoms with Crippen LogP contribution in [0.1, 0.15) is 54.5 Å². The molecule has 2 aromatic rings. The summed E-state index contributed by atoms with van der Waals surface area (Å²) in [7, 11) is 0. The van der Waals surface area contributed by atoms with Gasteiger partial charge in [-0.3, -0.25) is 0 Å². The average molecular weight is 318 g/mol. The van der Waals surface area contributed by atoms with Gasteiger partial charge in [-0.2, -0.15) is 0 Å². The minimum absolute atomic E-state index is 0.267. The molecule has 4 nitrogen and oxygen atoms in total. The topological polar surface area (TPSA) is 39.9 Å². The molecule has 0 N–H and O–H groups in total. The minimum atomic E-state index is 0.267. The summed E-state index contributed by atoms with van der Waals surface area (Å²) in [5, 5.41) is 9.66. The summed E-state index contributed by atoms with van der Waals surface area (Å²) in [6.45, 7) is 1.67. The molecule has 0 amide bonds. The van der Waals surface area contributed by atoms with Gasteiger partial charge in [0.15, 0.2) is 0 Å². The van der Waals surface area contributed by atoms with Gasteiger partial charge in [0, 0.05) is 30.4 Å². The molecule has 1 fully saturated rings. The Morgan fingerprint density at radius 3 is 2.91 bits per heavy atom. The number of hydrogen-bond donors (Lipinski definition) is 0. The summed E-state index contributed by atoms with van der Waals surface area (Å²) < 4.78 is 7.48. The number of benzene rings is 1. The molecular weight excluding hydrogens is 298 g/mol. The highest BCUT2D eigenvalue weighted by Gasteiger charge is 2.25. The Morgan fingerprint density at radius 2 is 2.05 bits per heavy atom. The maximum absolute atomic E-state index is 6.20. The van der Waals surface area contributed by atoms with Gasteiger partial charge in [0.05, 0.1) is 11.7 Å². The van der Waals surface area contributed by atoms with E-state index >= 15 is 0 Å². The van der Waals surface area contributed by atoms with Crippen molar-refractivity contribution in [2.75, 3.05) is 13.2 Å². The normalized spacial score (nSPS) is 22.5. The van der Waals surface area contributed by atoms with Crippen molar-refractivity contribution in [1.82, 2.24) is 15.0 Å². The van der Waals surface area contributed by atoms with Gasteiger partial charge in [-0.1, -0.05) is 22.9 Å². The van der Waals surface area contributed by atoms with Crippen molar-refractivity contribution >= 4 is 11.6 Å². The van der Waals surface area contributed by atoms with E-state index < -0.39 is 0 Å². The molecular formula is C17H20ClN3O. The van der Waals surface area contributed by atoms with Gasteiger partial charge in [0.25, 0.3) is 0 Å². The first-order valence-electron chi connectivity index (χ1n) is 8.09. The number of aromatic nitrogens is 3. The van der Waals surface area contributed by atoms with E-state index in [-0.39, 0.29) is 6.04 Å². The van der Waals surface area contributed by atoms with Gasteiger partial charge in [0.2, 0.25) is 0 Å². The molecule has 1 aliphatic heterocycles. The molecule has 0 saturated carbocycles. The van der Waals surface area contributed by atoms with E-state index in [1.807, 2.05) is 10.7 Å². The van der Waals surface area contributed by atoms with Crippen molar-refractivity contribution in [2.24, 2.45) is 0 Å². The Morgan fingerprint density at radius 1 is 1.18 bits per heavy atom. The van der Waals surface area contributed by atoms with Gasteiger partial charge in [-0.25, -0.2) is 4.68 Å². The second-order valence-corrected chi connectivity index (χ2v) is 6.70. The molecule has 22 heavy (non-hydrogen) atoms. The largest absolute Gasteiger partial charge is 0.381 e. The van der Waals surface area contributed by atoms with Crippen molar-refractivity contribution < 1.29 is 4.74 Å². The van der Waals surface area contributed by atoms with Crippen molar-refractivity contribution in [3.05, 3.63) is 46.2 Å². The zero-order valence-electron chi connectivity index (χ0n) is 12.5. The molecule has 1 aromatic carbocycles. The zero-order valence-corrected chi connectivity index (χ0v) is 13.3. The summed E-state index contributed by atoms with van der Waals surface area (Å²) >= 11 is 6.20. The molecule has 5 heteroatoms. The SMILES string of the molecule is Clc1ccc2c(c1)[C@@H](n1cc(C3CCOCC3)nn1)CCC2. The number of rotatable bonds is 2. The van der Waals surface area contributed by atoms with Crippen LogP contribution in [0.3, 0.4) is 0 Å². The third kappa shape index (κ3) is 2.66. The highest BCUT2D eigenvalue weighted by atomic mass is 35.5. The molecule has 1 saturated heterocycles. The first kappa shape index (κ1) is 14.2. The fourth-order valence-electron chi connectivity index (χ4n) is 3.64. The van der Waals surface area contributed by atoms with Crippen molar-refractivity contribution in [2.45, 2.75) is 44.1 Å². The smallest absolute Gasteiger partial charge is 0.0860 e. The molecule has 1 aliphatic carbocycles. The summed E-state index contributed by atoms with van der Waals surface area (Å²) in [5.74, 6) is 0.491. The number of aryl methyl sites for hydroxylation is 1. The molecule has 0 bridgehead atoms. The van der Waals surface area contributed by atoms with Gasteiger partial charge in [0.1, 0.15) is 0 Å². The number of ether oxygens (including phenoxy) is 1. The Labute approximate surface area is 135 Å². The molecule has 0 radical (unpaired) electrons. The Kier molecular flexibility index (Phi) is 3.89. The zero-order chi connectivity index (χ0) is 14.9. The van der Waals surface area contributed by atoms with E-state index in [4.69, 9.17) is 16.3 Å². The lowest BCUT2D eigenvalue weighted by Crippen LogP contribution is -2.18.